The molecule has 1 nitrogen and oxygen atoms in total. The molecule has 0 saturated carbocycles. The number of rotatable bonds is 7. The average Bonchev–Trinajstić information content (AvgIpc) is 2.50. The second kappa shape index (κ2) is 7.94. The molecule has 1 heteroatoms. The van der Waals surface area contributed by atoms with E-state index in [0.717, 1.165) is 5.75 Å². The molecular formula is C19H26O. The molecule has 0 aliphatic carbocycles. The van der Waals surface area contributed by atoms with Crippen LogP contribution < -0.4 is 4.74 Å². The molecule has 0 spiro atoms. The molecule has 0 saturated heterocycles. The van der Waals surface area contributed by atoms with Crippen LogP contribution in [0.2, 0.25) is 0 Å². The van der Waals surface area contributed by atoms with Gasteiger partial charge in [-0.05, 0) is 43.4 Å². The summed E-state index contributed by atoms with van der Waals surface area (Å²) in [4.78, 5) is 0. The Morgan fingerprint density at radius 2 is 1.70 bits per heavy atom. The minimum absolute atomic E-state index is 0.995. The van der Waals surface area contributed by atoms with Crippen molar-refractivity contribution < 1.29 is 4.74 Å². The second-order valence-corrected chi connectivity index (χ2v) is 5.49. The third-order valence-corrected chi connectivity index (χ3v) is 3.90. The van der Waals surface area contributed by atoms with E-state index in [4.69, 9.17) is 4.74 Å². The molecule has 0 unspecified atom stereocenters. The quantitative estimate of drug-likeness (QED) is 0.542. The summed E-state index contributed by atoms with van der Waals surface area (Å²) in [5.41, 5.74) is 4.27. The fourth-order valence-electron chi connectivity index (χ4n) is 2.74. The standard InChI is InChI=1S/C19H26O/c1-3-5-7-11-16(10-6-4-2)17-14-15-20-19-13-9-8-12-18(17)19/h8-9,12-15H,3-7,10-11H2,1-2H3/b17-16-. The number of hydrogen-bond donors (Lipinski definition) is 0. The van der Waals surface area contributed by atoms with E-state index in [1.54, 1.807) is 5.57 Å². The van der Waals surface area contributed by atoms with E-state index in [1.807, 2.05) is 12.3 Å². The van der Waals surface area contributed by atoms with Gasteiger partial charge in [-0.15, -0.1) is 0 Å². The Balaban J connectivity index is 2.27. The third kappa shape index (κ3) is 3.75. The van der Waals surface area contributed by atoms with Gasteiger partial charge < -0.3 is 4.74 Å². The molecule has 0 fully saturated rings. The Morgan fingerprint density at radius 3 is 2.50 bits per heavy atom. The van der Waals surface area contributed by atoms with Gasteiger partial charge in [0.25, 0.3) is 0 Å². The van der Waals surface area contributed by atoms with Crippen LogP contribution in [-0.4, -0.2) is 0 Å². The average molecular weight is 270 g/mol. The van der Waals surface area contributed by atoms with Crippen LogP contribution in [0.4, 0.5) is 0 Å². The van der Waals surface area contributed by atoms with Crippen molar-refractivity contribution in [3.63, 3.8) is 0 Å². The molecule has 20 heavy (non-hydrogen) atoms. The highest BCUT2D eigenvalue weighted by Gasteiger charge is 2.14. The molecule has 0 radical (unpaired) electrons. The Bertz CT molecular complexity index is 482. The van der Waals surface area contributed by atoms with E-state index >= 15 is 0 Å². The van der Waals surface area contributed by atoms with E-state index in [1.165, 1.54) is 56.1 Å². The third-order valence-electron chi connectivity index (χ3n) is 3.90. The number of fused-ring (bicyclic) bond motifs is 1. The van der Waals surface area contributed by atoms with Gasteiger partial charge in [-0.1, -0.05) is 56.9 Å². The highest BCUT2D eigenvalue weighted by Crippen LogP contribution is 2.35. The summed E-state index contributed by atoms with van der Waals surface area (Å²) in [6.45, 7) is 4.53. The van der Waals surface area contributed by atoms with Crippen LogP contribution in [0.1, 0.15) is 64.4 Å². The van der Waals surface area contributed by atoms with E-state index < -0.39 is 0 Å². The van der Waals surface area contributed by atoms with Crippen molar-refractivity contribution in [3.05, 3.63) is 47.7 Å². The van der Waals surface area contributed by atoms with E-state index in [2.05, 4.69) is 38.1 Å². The van der Waals surface area contributed by atoms with Crippen molar-refractivity contribution in [3.8, 4) is 5.75 Å². The van der Waals surface area contributed by atoms with Gasteiger partial charge in [0.2, 0.25) is 0 Å². The lowest BCUT2D eigenvalue weighted by Crippen LogP contribution is -1.99. The first-order valence-electron chi connectivity index (χ1n) is 8.01. The predicted octanol–water partition coefficient (Wildman–Crippen LogP) is 6.12. The van der Waals surface area contributed by atoms with Crippen LogP contribution in [0.15, 0.2) is 42.2 Å². The monoisotopic (exact) mass is 270 g/mol. The number of unbranched alkanes of at least 4 members (excludes halogenated alkanes) is 3. The van der Waals surface area contributed by atoms with Crippen molar-refractivity contribution in [1.82, 2.24) is 0 Å². The molecule has 108 valence electrons. The van der Waals surface area contributed by atoms with Crippen molar-refractivity contribution in [2.24, 2.45) is 0 Å². The summed E-state index contributed by atoms with van der Waals surface area (Å²) in [7, 11) is 0. The van der Waals surface area contributed by atoms with Crippen LogP contribution in [0.5, 0.6) is 5.75 Å². The van der Waals surface area contributed by atoms with Gasteiger partial charge in [-0.2, -0.15) is 0 Å². The van der Waals surface area contributed by atoms with Crippen LogP contribution >= 0.6 is 0 Å². The highest BCUT2D eigenvalue weighted by molar-refractivity contribution is 5.81. The highest BCUT2D eigenvalue weighted by atomic mass is 16.5. The first kappa shape index (κ1) is 14.9. The summed E-state index contributed by atoms with van der Waals surface area (Å²) in [5.74, 6) is 0.995. The van der Waals surface area contributed by atoms with Crippen molar-refractivity contribution in [1.29, 1.82) is 0 Å². The van der Waals surface area contributed by atoms with Crippen molar-refractivity contribution >= 4 is 5.57 Å². The molecule has 1 aromatic carbocycles. The minimum Gasteiger partial charge on any atom is -0.464 e. The Labute approximate surface area is 123 Å². The molecule has 1 heterocycles. The number of para-hydroxylation sites is 1. The van der Waals surface area contributed by atoms with Gasteiger partial charge >= 0.3 is 0 Å². The van der Waals surface area contributed by atoms with Crippen molar-refractivity contribution in [2.45, 2.75) is 58.8 Å². The molecule has 0 bridgehead atoms. The first-order chi connectivity index (χ1) is 9.86. The zero-order chi connectivity index (χ0) is 14.2. The molecular weight excluding hydrogens is 244 g/mol. The largest absolute Gasteiger partial charge is 0.464 e. The maximum Gasteiger partial charge on any atom is 0.134 e. The van der Waals surface area contributed by atoms with E-state index in [-0.39, 0.29) is 0 Å². The Morgan fingerprint density at radius 1 is 0.950 bits per heavy atom. The summed E-state index contributed by atoms with van der Waals surface area (Å²) in [6.07, 6.45) is 12.9. The van der Waals surface area contributed by atoms with E-state index in [0.29, 0.717) is 0 Å². The lowest BCUT2D eigenvalue weighted by Gasteiger charge is -2.19. The summed E-state index contributed by atoms with van der Waals surface area (Å²) in [5, 5.41) is 0. The van der Waals surface area contributed by atoms with Crippen LogP contribution in [-0.2, 0) is 0 Å². The lowest BCUT2D eigenvalue weighted by molar-refractivity contribution is 0.475. The molecule has 0 atom stereocenters. The first-order valence-corrected chi connectivity index (χ1v) is 8.01. The van der Waals surface area contributed by atoms with Crippen LogP contribution in [0.25, 0.3) is 5.57 Å². The van der Waals surface area contributed by atoms with Gasteiger partial charge in [-0.25, -0.2) is 0 Å². The zero-order valence-corrected chi connectivity index (χ0v) is 12.8. The number of ether oxygens (including phenoxy) is 1. The minimum atomic E-state index is 0.995. The number of allylic oxidation sites excluding steroid dienone is 3. The van der Waals surface area contributed by atoms with Gasteiger partial charge in [0, 0.05) is 5.56 Å². The smallest absolute Gasteiger partial charge is 0.134 e. The molecule has 1 aliphatic heterocycles. The van der Waals surface area contributed by atoms with Gasteiger partial charge in [-0.3, -0.25) is 0 Å². The predicted molar refractivity (Wildman–Crippen MR) is 86.8 cm³/mol. The zero-order valence-electron chi connectivity index (χ0n) is 12.8. The Hall–Kier alpha value is -1.50. The number of hydrogen-bond acceptors (Lipinski definition) is 1. The van der Waals surface area contributed by atoms with Crippen LogP contribution in [0, 0.1) is 0 Å². The maximum absolute atomic E-state index is 5.62. The van der Waals surface area contributed by atoms with Crippen molar-refractivity contribution in [2.75, 3.05) is 0 Å². The second-order valence-electron chi connectivity index (χ2n) is 5.49. The summed E-state index contributed by atoms with van der Waals surface area (Å²) < 4.78 is 5.62. The molecule has 2 rings (SSSR count). The summed E-state index contributed by atoms with van der Waals surface area (Å²) >= 11 is 0. The van der Waals surface area contributed by atoms with Gasteiger partial charge in [0.15, 0.2) is 0 Å². The molecule has 0 aromatic heterocycles. The SMILES string of the molecule is CCCCC/C(CCCC)=C1/C=COc2ccccc21. The molecule has 1 aromatic rings. The Kier molecular flexibility index (Phi) is 5.91. The molecule has 0 N–H and O–H groups in total. The normalized spacial score (nSPS) is 15.7. The number of benzene rings is 1. The fourth-order valence-corrected chi connectivity index (χ4v) is 2.74. The van der Waals surface area contributed by atoms with Crippen LogP contribution in [0.3, 0.4) is 0 Å². The molecule has 1 aliphatic rings. The fraction of sp³-hybridized carbons (Fsp3) is 0.474. The lowest BCUT2D eigenvalue weighted by atomic mass is 9.91. The topological polar surface area (TPSA) is 9.23 Å². The maximum atomic E-state index is 5.62. The molecule has 0 amide bonds. The van der Waals surface area contributed by atoms with Gasteiger partial charge in [0.1, 0.15) is 5.75 Å². The summed E-state index contributed by atoms with van der Waals surface area (Å²) in [6, 6.07) is 8.38. The van der Waals surface area contributed by atoms with Gasteiger partial charge in [0.05, 0.1) is 6.26 Å². The van der Waals surface area contributed by atoms with E-state index in [9.17, 15) is 0 Å².